The van der Waals surface area contributed by atoms with Crippen molar-refractivity contribution in [2.24, 2.45) is 5.92 Å². The molecule has 1 saturated heterocycles. The van der Waals surface area contributed by atoms with Gasteiger partial charge in [0.25, 0.3) is 0 Å². The van der Waals surface area contributed by atoms with Gasteiger partial charge < -0.3 is 4.74 Å². The SMILES string of the molecule is CC(C)CN1CC(C)OC(Cl)C1. The van der Waals surface area contributed by atoms with Crippen molar-refractivity contribution in [2.75, 3.05) is 19.6 Å². The van der Waals surface area contributed by atoms with Gasteiger partial charge in [-0.3, -0.25) is 4.90 Å². The summed E-state index contributed by atoms with van der Waals surface area (Å²) in [6.07, 6.45) is 0.278. The lowest BCUT2D eigenvalue weighted by Gasteiger charge is -2.34. The second-order valence-electron chi connectivity index (χ2n) is 3.97. The summed E-state index contributed by atoms with van der Waals surface area (Å²) < 4.78 is 5.42. The van der Waals surface area contributed by atoms with E-state index in [1.54, 1.807) is 0 Å². The van der Waals surface area contributed by atoms with Crippen molar-refractivity contribution < 1.29 is 4.74 Å². The van der Waals surface area contributed by atoms with Gasteiger partial charge in [-0.1, -0.05) is 25.4 Å². The fourth-order valence-electron chi connectivity index (χ4n) is 1.64. The monoisotopic (exact) mass is 191 g/mol. The number of hydrogen-bond donors (Lipinski definition) is 0. The summed E-state index contributed by atoms with van der Waals surface area (Å²) >= 11 is 5.93. The van der Waals surface area contributed by atoms with Gasteiger partial charge in [-0.15, -0.1) is 0 Å². The molecular formula is C9H18ClNO. The van der Waals surface area contributed by atoms with E-state index in [2.05, 4.69) is 25.7 Å². The molecule has 3 heteroatoms. The van der Waals surface area contributed by atoms with Crippen LogP contribution in [0.25, 0.3) is 0 Å². The van der Waals surface area contributed by atoms with Crippen LogP contribution in [0.1, 0.15) is 20.8 Å². The van der Waals surface area contributed by atoms with Gasteiger partial charge in [0.05, 0.1) is 6.10 Å². The largest absolute Gasteiger partial charge is 0.357 e. The summed E-state index contributed by atoms with van der Waals surface area (Å²) in [6, 6.07) is 0. The zero-order chi connectivity index (χ0) is 9.14. The molecule has 2 atom stereocenters. The predicted octanol–water partition coefficient (Wildman–Crippen LogP) is 1.93. The summed E-state index contributed by atoms with van der Waals surface area (Å²) in [7, 11) is 0. The van der Waals surface area contributed by atoms with Crippen molar-refractivity contribution in [3.05, 3.63) is 0 Å². The fourth-order valence-corrected chi connectivity index (χ4v) is 2.02. The molecule has 1 fully saturated rings. The van der Waals surface area contributed by atoms with Crippen LogP contribution in [0.4, 0.5) is 0 Å². The first kappa shape index (κ1) is 10.3. The molecule has 0 bridgehead atoms. The van der Waals surface area contributed by atoms with E-state index in [9.17, 15) is 0 Å². The Bertz CT molecular complexity index is 128. The first-order valence-electron chi connectivity index (χ1n) is 4.60. The Labute approximate surface area is 79.8 Å². The zero-order valence-electron chi connectivity index (χ0n) is 8.09. The van der Waals surface area contributed by atoms with Gasteiger partial charge in [0, 0.05) is 19.6 Å². The highest BCUT2D eigenvalue weighted by molar-refractivity contribution is 6.19. The van der Waals surface area contributed by atoms with Crippen LogP contribution in [-0.2, 0) is 4.74 Å². The van der Waals surface area contributed by atoms with Gasteiger partial charge in [0.15, 0.2) is 0 Å². The van der Waals surface area contributed by atoms with Crippen molar-refractivity contribution in [2.45, 2.75) is 32.4 Å². The third-order valence-corrected chi connectivity index (χ3v) is 2.16. The normalized spacial score (nSPS) is 32.8. The summed E-state index contributed by atoms with van der Waals surface area (Å²) in [5.41, 5.74) is -0.118. The Morgan fingerprint density at radius 3 is 2.67 bits per heavy atom. The van der Waals surface area contributed by atoms with E-state index < -0.39 is 0 Å². The molecule has 2 unspecified atom stereocenters. The van der Waals surface area contributed by atoms with E-state index in [1.165, 1.54) is 0 Å². The van der Waals surface area contributed by atoms with Gasteiger partial charge in [-0.2, -0.15) is 0 Å². The van der Waals surface area contributed by atoms with Gasteiger partial charge >= 0.3 is 0 Å². The second-order valence-corrected chi connectivity index (χ2v) is 4.46. The first-order valence-corrected chi connectivity index (χ1v) is 5.03. The van der Waals surface area contributed by atoms with Gasteiger partial charge in [0.1, 0.15) is 5.56 Å². The maximum atomic E-state index is 5.93. The topological polar surface area (TPSA) is 12.5 Å². The van der Waals surface area contributed by atoms with Crippen molar-refractivity contribution in [1.82, 2.24) is 4.90 Å². The van der Waals surface area contributed by atoms with E-state index in [0.29, 0.717) is 5.92 Å². The third-order valence-electron chi connectivity index (χ3n) is 1.92. The quantitative estimate of drug-likeness (QED) is 0.619. The van der Waals surface area contributed by atoms with Crippen LogP contribution in [0.2, 0.25) is 0 Å². The molecule has 0 aromatic heterocycles. The van der Waals surface area contributed by atoms with Crippen LogP contribution < -0.4 is 0 Å². The van der Waals surface area contributed by atoms with Crippen LogP contribution >= 0.6 is 11.6 Å². The highest BCUT2D eigenvalue weighted by Gasteiger charge is 2.23. The zero-order valence-corrected chi connectivity index (χ0v) is 8.84. The van der Waals surface area contributed by atoms with Crippen molar-refractivity contribution in [3.63, 3.8) is 0 Å². The molecule has 0 saturated carbocycles. The van der Waals surface area contributed by atoms with Crippen LogP contribution in [0.15, 0.2) is 0 Å². The molecule has 1 heterocycles. The third kappa shape index (κ3) is 3.30. The summed E-state index contributed by atoms with van der Waals surface area (Å²) in [5.74, 6) is 0.708. The molecule has 72 valence electrons. The molecule has 2 nitrogen and oxygen atoms in total. The van der Waals surface area contributed by atoms with E-state index in [0.717, 1.165) is 19.6 Å². The van der Waals surface area contributed by atoms with Crippen LogP contribution in [-0.4, -0.2) is 36.2 Å². The summed E-state index contributed by atoms with van der Waals surface area (Å²) in [4.78, 5) is 2.37. The Morgan fingerprint density at radius 1 is 1.50 bits per heavy atom. The number of nitrogens with zero attached hydrogens (tertiary/aromatic N) is 1. The second kappa shape index (κ2) is 4.45. The van der Waals surface area contributed by atoms with E-state index in [4.69, 9.17) is 16.3 Å². The molecule has 0 spiro atoms. The number of morpholine rings is 1. The van der Waals surface area contributed by atoms with Gasteiger partial charge in [-0.05, 0) is 12.8 Å². The number of alkyl halides is 1. The number of ether oxygens (including phenoxy) is 1. The van der Waals surface area contributed by atoms with Crippen molar-refractivity contribution in [3.8, 4) is 0 Å². The highest BCUT2D eigenvalue weighted by atomic mass is 35.5. The van der Waals surface area contributed by atoms with Crippen LogP contribution in [0, 0.1) is 5.92 Å². The molecule has 0 amide bonds. The maximum absolute atomic E-state index is 5.93. The number of rotatable bonds is 2. The molecule has 1 rings (SSSR count). The minimum absolute atomic E-state index is 0.118. The Morgan fingerprint density at radius 2 is 2.17 bits per heavy atom. The number of halogens is 1. The molecule has 0 N–H and O–H groups in total. The van der Waals surface area contributed by atoms with Crippen molar-refractivity contribution >= 4 is 11.6 Å². The van der Waals surface area contributed by atoms with E-state index >= 15 is 0 Å². The molecule has 1 aliphatic rings. The number of hydrogen-bond acceptors (Lipinski definition) is 2. The standard InChI is InChI=1S/C9H18ClNO/c1-7(2)4-11-5-8(3)12-9(10)6-11/h7-9H,4-6H2,1-3H3. The lowest BCUT2D eigenvalue weighted by Crippen LogP contribution is -2.45. The average Bonchev–Trinajstić information content (AvgIpc) is 1.81. The van der Waals surface area contributed by atoms with Gasteiger partial charge in [0.2, 0.25) is 0 Å². The highest BCUT2D eigenvalue weighted by Crippen LogP contribution is 2.14. The minimum atomic E-state index is -0.118. The Hall–Kier alpha value is 0.210. The molecule has 12 heavy (non-hydrogen) atoms. The van der Waals surface area contributed by atoms with Crippen LogP contribution in [0.5, 0.6) is 0 Å². The molecule has 0 radical (unpaired) electrons. The minimum Gasteiger partial charge on any atom is -0.357 e. The molecule has 0 aromatic rings. The molecule has 1 aliphatic heterocycles. The van der Waals surface area contributed by atoms with Gasteiger partial charge in [-0.25, -0.2) is 0 Å². The average molecular weight is 192 g/mol. The smallest absolute Gasteiger partial charge is 0.144 e. The lowest BCUT2D eigenvalue weighted by atomic mass is 10.2. The summed E-state index contributed by atoms with van der Waals surface area (Å²) in [6.45, 7) is 9.52. The molecule has 0 aromatic carbocycles. The summed E-state index contributed by atoms with van der Waals surface area (Å²) in [5, 5.41) is 0. The lowest BCUT2D eigenvalue weighted by molar-refractivity contribution is -0.0425. The van der Waals surface area contributed by atoms with Crippen molar-refractivity contribution in [1.29, 1.82) is 0 Å². The first-order chi connectivity index (χ1) is 5.58. The molecular weight excluding hydrogens is 174 g/mol. The van der Waals surface area contributed by atoms with E-state index in [-0.39, 0.29) is 11.7 Å². The fraction of sp³-hybridized carbons (Fsp3) is 1.00. The maximum Gasteiger partial charge on any atom is 0.144 e. The van der Waals surface area contributed by atoms with E-state index in [1.807, 2.05) is 0 Å². The predicted molar refractivity (Wildman–Crippen MR) is 51.5 cm³/mol. The Kier molecular flexibility index (Phi) is 3.81. The van der Waals surface area contributed by atoms with Crippen LogP contribution in [0.3, 0.4) is 0 Å². The molecule has 0 aliphatic carbocycles. The Balaban J connectivity index is 2.34.